The second kappa shape index (κ2) is 7.21. The summed E-state index contributed by atoms with van der Waals surface area (Å²) in [5.41, 5.74) is 1.02. The summed E-state index contributed by atoms with van der Waals surface area (Å²) in [6, 6.07) is 6.76. The van der Waals surface area contributed by atoms with Gasteiger partial charge in [0.05, 0.1) is 12.0 Å². The van der Waals surface area contributed by atoms with Crippen LogP contribution in [-0.2, 0) is 25.1 Å². The Hall–Kier alpha value is -1.44. The van der Waals surface area contributed by atoms with Crippen LogP contribution in [0.15, 0.2) is 29.2 Å². The van der Waals surface area contributed by atoms with Gasteiger partial charge in [0.25, 0.3) is 0 Å². The molecule has 0 bridgehead atoms. The summed E-state index contributed by atoms with van der Waals surface area (Å²) >= 11 is 0. The molecule has 22 heavy (non-hydrogen) atoms. The van der Waals surface area contributed by atoms with Gasteiger partial charge in [0.15, 0.2) is 0 Å². The minimum Gasteiger partial charge on any atom is -0.275 e. The van der Waals surface area contributed by atoms with E-state index < -0.39 is 10.0 Å². The molecule has 0 aliphatic carbocycles. The lowest BCUT2D eigenvalue weighted by Gasteiger charge is -2.19. The highest BCUT2D eigenvalue weighted by atomic mass is 32.2. The summed E-state index contributed by atoms with van der Waals surface area (Å²) in [5, 5.41) is 1.06. The fraction of sp³-hybridized carbons (Fsp3) is 0.533. The number of sulfonamides is 1. The Balaban J connectivity index is 2.69. The van der Waals surface area contributed by atoms with Gasteiger partial charge in [-0.15, -0.1) is 0 Å². The third kappa shape index (κ3) is 5.08. The standard InChI is InChI=1S/C15H24N2O4S/c1-15(2,3)12-6-8-13(9-7-12)22(19,20)16-11-10-14(18)17(4)21-5/h6-9,16H,10-11H2,1-5H3. The molecular weight excluding hydrogens is 304 g/mol. The molecule has 0 atom stereocenters. The summed E-state index contributed by atoms with van der Waals surface area (Å²) in [7, 11) is -0.764. The fourth-order valence-corrected chi connectivity index (χ4v) is 2.80. The molecule has 0 aliphatic heterocycles. The van der Waals surface area contributed by atoms with Crippen molar-refractivity contribution in [1.82, 2.24) is 9.79 Å². The van der Waals surface area contributed by atoms with Gasteiger partial charge in [0.2, 0.25) is 15.9 Å². The number of nitrogens with zero attached hydrogens (tertiary/aromatic N) is 1. The second-order valence-corrected chi connectivity index (χ2v) is 7.76. The number of carbonyl (C=O) groups is 1. The third-order valence-corrected chi connectivity index (χ3v) is 4.76. The predicted molar refractivity (Wildman–Crippen MR) is 84.7 cm³/mol. The van der Waals surface area contributed by atoms with Gasteiger partial charge in [0.1, 0.15) is 0 Å². The van der Waals surface area contributed by atoms with Crippen LogP contribution >= 0.6 is 0 Å². The van der Waals surface area contributed by atoms with Crippen LogP contribution in [-0.4, -0.2) is 40.1 Å². The van der Waals surface area contributed by atoms with Crippen molar-refractivity contribution >= 4 is 15.9 Å². The number of benzene rings is 1. The first kappa shape index (κ1) is 18.6. The highest BCUT2D eigenvalue weighted by molar-refractivity contribution is 7.89. The number of nitrogens with one attached hydrogen (secondary N) is 1. The van der Waals surface area contributed by atoms with Gasteiger partial charge in [-0.25, -0.2) is 18.2 Å². The smallest absolute Gasteiger partial charge is 0.247 e. The quantitative estimate of drug-likeness (QED) is 0.806. The predicted octanol–water partition coefficient (Wildman–Crippen LogP) is 1.67. The van der Waals surface area contributed by atoms with E-state index in [-0.39, 0.29) is 29.2 Å². The highest BCUT2D eigenvalue weighted by Gasteiger charge is 2.18. The molecule has 0 heterocycles. The van der Waals surface area contributed by atoms with Crippen molar-refractivity contribution in [1.29, 1.82) is 0 Å². The van der Waals surface area contributed by atoms with Gasteiger partial charge in [-0.3, -0.25) is 9.63 Å². The average molecular weight is 328 g/mol. The largest absolute Gasteiger partial charge is 0.275 e. The van der Waals surface area contributed by atoms with E-state index in [2.05, 4.69) is 25.5 Å². The van der Waals surface area contributed by atoms with Gasteiger partial charge in [0, 0.05) is 20.0 Å². The van der Waals surface area contributed by atoms with Crippen LogP contribution < -0.4 is 4.72 Å². The van der Waals surface area contributed by atoms with Gasteiger partial charge in [-0.05, 0) is 23.1 Å². The summed E-state index contributed by atoms with van der Waals surface area (Å²) in [5.74, 6) is -0.298. The maximum Gasteiger partial charge on any atom is 0.247 e. The first-order valence-electron chi connectivity index (χ1n) is 6.99. The van der Waals surface area contributed by atoms with Gasteiger partial charge >= 0.3 is 0 Å². The first-order chi connectivity index (χ1) is 10.1. The van der Waals surface area contributed by atoms with Gasteiger partial charge in [-0.1, -0.05) is 32.9 Å². The molecule has 0 saturated heterocycles. The summed E-state index contributed by atoms with van der Waals surface area (Å²) in [6.45, 7) is 6.21. The van der Waals surface area contributed by atoms with E-state index >= 15 is 0 Å². The van der Waals surface area contributed by atoms with Crippen molar-refractivity contribution < 1.29 is 18.0 Å². The summed E-state index contributed by atoms with van der Waals surface area (Å²) < 4.78 is 26.7. The molecule has 1 aromatic rings. The molecule has 0 spiro atoms. The molecule has 0 fully saturated rings. The molecule has 0 aliphatic rings. The van der Waals surface area contributed by atoms with E-state index in [1.54, 1.807) is 24.3 Å². The molecule has 0 unspecified atom stereocenters. The Morgan fingerprint density at radius 1 is 1.23 bits per heavy atom. The number of hydrogen-bond acceptors (Lipinski definition) is 4. The second-order valence-electron chi connectivity index (χ2n) is 6.00. The van der Waals surface area contributed by atoms with Crippen LogP contribution in [0, 0.1) is 0 Å². The Labute approximate surface area is 132 Å². The lowest BCUT2D eigenvalue weighted by atomic mass is 9.87. The molecule has 6 nitrogen and oxygen atoms in total. The molecule has 0 saturated carbocycles. The van der Waals surface area contributed by atoms with E-state index in [9.17, 15) is 13.2 Å². The first-order valence-corrected chi connectivity index (χ1v) is 8.47. The van der Waals surface area contributed by atoms with Crippen LogP contribution in [0.25, 0.3) is 0 Å². The molecule has 0 radical (unpaired) electrons. The summed E-state index contributed by atoms with van der Waals surface area (Å²) in [6.07, 6.45) is 0.0314. The maximum absolute atomic E-state index is 12.1. The average Bonchev–Trinajstić information content (AvgIpc) is 2.45. The number of amides is 1. The molecule has 0 aromatic heterocycles. The molecule has 1 amide bonds. The normalized spacial score (nSPS) is 12.2. The van der Waals surface area contributed by atoms with Crippen LogP contribution in [0.3, 0.4) is 0 Å². The van der Waals surface area contributed by atoms with Crippen LogP contribution in [0.1, 0.15) is 32.8 Å². The SMILES string of the molecule is CON(C)C(=O)CCNS(=O)(=O)c1ccc(C(C)(C)C)cc1. The molecule has 124 valence electrons. The minimum atomic E-state index is -3.61. The Morgan fingerprint density at radius 2 is 1.77 bits per heavy atom. The Kier molecular flexibility index (Phi) is 6.10. The summed E-state index contributed by atoms with van der Waals surface area (Å²) in [4.78, 5) is 16.4. The van der Waals surface area contributed by atoms with Crippen molar-refractivity contribution in [2.75, 3.05) is 20.7 Å². The van der Waals surface area contributed by atoms with Crippen LogP contribution in [0.5, 0.6) is 0 Å². The molecule has 1 aromatic carbocycles. The lowest BCUT2D eigenvalue weighted by Crippen LogP contribution is -2.31. The van der Waals surface area contributed by atoms with Crippen LogP contribution in [0.2, 0.25) is 0 Å². The van der Waals surface area contributed by atoms with Crippen molar-refractivity contribution in [3.05, 3.63) is 29.8 Å². The van der Waals surface area contributed by atoms with Gasteiger partial charge in [-0.2, -0.15) is 0 Å². The Morgan fingerprint density at radius 3 is 2.23 bits per heavy atom. The van der Waals surface area contributed by atoms with Crippen molar-refractivity contribution in [3.8, 4) is 0 Å². The number of carbonyl (C=O) groups excluding carboxylic acids is 1. The zero-order valence-corrected chi connectivity index (χ0v) is 14.5. The van der Waals surface area contributed by atoms with Crippen molar-refractivity contribution in [3.63, 3.8) is 0 Å². The topological polar surface area (TPSA) is 75.7 Å². The van der Waals surface area contributed by atoms with E-state index in [1.165, 1.54) is 14.2 Å². The fourth-order valence-electron chi connectivity index (χ4n) is 1.77. The number of hydroxylamine groups is 2. The lowest BCUT2D eigenvalue weighted by molar-refractivity contribution is -0.168. The molecule has 1 rings (SSSR count). The highest BCUT2D eigenvalue weighted by Crippen LogP contribution is 2.23. The van der Waals surface area contributed by atoms with Crippen molar-refractivity contribution in [2.24, 2.45) is 0 Å². The molecular formula is C15H24N2O4S. The minimum absolute atomic E-state index is 0.0237. The van der Waals surface area contributed by atoms with Gasteiger partial charge < -0.3 is 0 Å². The van der Waals surface area contributed by atoms with E-state index in [1.807, 2.05) is 0 Å². The molecule has 1 N–H and O–H groups in total. The number of rotatable bonds is 6. The van der Waals surface area contributed by atoms with E-state index in [0.29, 0.717) is 0 Å². The van der Waals surface area contributed by atoms with E-state index in [4.69, 9.17) is 4.84 Å². The van der Waals surface area contributed by atoms with Crippen molar-refractivity contribution in [2.45, 2.75) is 37.5 Å². The van der Waals surface area contributed by atoms with E-state index in [0.717, 1.165) is 10.6 Å². The zero-order chi connectivity index (χ0) is 17.0. The maximum atomic E-state index is 12.1. The molecule has 7 heteroatoms. The Bertz CT molecular complexity index is 603. The third-order valence-electron chi connectivity index (χ3n) is 3.29. The zero-order valence-electron chi connectivity index (χ0n) is 13.7. The number of hydrogen-bond donors (Lipinski definition) is 1. The monoisotopic (exact) mass is 328 g/mol. The van der Waals surface area contributed by atoms with Crippen LogP contribution in [0.4, 0.5) is 0 Å².